The molecule has 2 N–H and O–H groups in total. The molecule has 0 aliphatic carbocycles. The summed E-state index contributed by atoms with van der Waals surface area (Å²) in [7, 11) is -1.43. The van der Waals surface area contributed by atoms with Crippen molar-refractivity contribution in [3.63, 3.8) is 0 Å². The lowest BCUT2D eigenvalue weighted by Gasteiger charge is -2.12. The Morgan fingerprint density at radius 3 is 2.80 bits per heavy atom. The number of hydrogen-bond acceptors (Lipinski definition) is 7. The van der Waals surface area contributed by atoms with Crippen molar-refractivity contribution in [1.82, 2.24) is 4.98 Å². The average molecular weight is 300 g/mol. The van der Waals surface area contributed by atoms with Gasteiger partial charge in [0, 0.05) is 19.7 Å². The summed E-state index contributed by atoms with van der Waals surface area (Å²) in [6, 6.07) is 2.83. The lowest BCUT2D eigenvalue weighted by Crippen LogP contribution is -2.25. The molecular formula is C11H16N4O4S. The summed E-state index contributed by atoms with van der Waals surface area (Å²) < 4.78 is 23.4. The Balaban J connectivity index is 2.17. The SMILES string of the molecule is CNc1ccc([N+](=O)[O-])c(NCC2CCCS2(=O)=O)n1. The predicted octanol–water partition coefficient (Wildman–Crippen LogP) is 1.02. The second kappa shape index (κ2) is 5.61. The third-order valence-corrected chi connectivity index (χ3v) is 5.56. The van der Waals surface area contributed by atoms with Gasteiger partial charge in [0.15, 0.2) is 9.84 Å². The third kappa shape index (κ3) is 2.98. The van der Waals surface area contributed by atoms with E-state index in [9.17, 15) is 18.5 Å². The molecule has 8 nitrogen and oxygen atoms in total. The monoisotopic (exact) mass is 300 g/mol. The quantitative estimate of drug-likeness (QED) is 0.616. The van der Waals surface area contributed by atoms with Crippen molar-refractivity contribution in [3.8, 4) is 0 Å². The molecule has 2 heterocycles. The van der Waals surface area contributed by atoms with Gasteiger partial charge < -0.3 is 10.6 Å². The number of nitrogens with zero attached hydrogens (tertiary/aromatic N) is 2. The van der Waals surface area contributed by atoms with Crippen LogP contribution in [0.3, 0.4) is 0 Å². The minimum atomic E-state index is -3.08. The molecule has 0 spiro atoms. The van der Waals surface area contributed by atoms with Gasteiger partial charge in [-0.25, -0.2) is 13.4 Å². The summed E-state index contributed by atoms with van der Waals surface area (Å²) >= 11 is 0. The van der Waals surface area contributed by atoms with Gasteiger partial charge in [-0.3, -0.25) is 10.1 Å². The summed E-state index contributed by atoms with van der Waals surface area (Å²) in [4.78, 5) is 14.5. The lowest BCUT2D eigenvalue weighted by molar-refractivity contribution is -0.384. The van der Waals surface area contributed by atoms with Gasteiger partial charge in [0.1, 0.15) is 5.82 Å². The number of hydrogen-bond donors (Lipinski definition) is 2. The molecule has 110 valence electrons. The molecule has 1 saturated heterocycles. The highest BCUT2D eigenvalue weighted by atomic mass is 32.2. The van der Waals surface area contributed by atoms with E-state index < -0.39 is 20.0 Å². The first kappa shape index (κ1) is 14.5. The van der Waals surface area contributed by atoms with E-state index in [1.165, 1.54) is 12.1 Å². The molecule has 1 unspecified atom stereocenters. The summed E-state index contributed by atoms with van der Waals surface area (Å²) in [6.45, 7) is 0.142. The zero-order valence-electron chi connectivity index (χ0n) is 11.0. The van der Waals surface area contributed by atoms with Gasteiger partial charge in [0.2, 0.25) is 5.82 Å². The fourth-order valence-electron chi connectivity index (χ4n) is 2.17. The zero-order valence-corrected chi connectivity index (χ0v) is 11.8. The van der Waals surface area contributed by atoms with Crippen LogP contribution in [0.15, 0.2) is 12.1 Å². The van der Waals surface area contributed by atoms with Crippen LogP contribution in [0.5, 0.6) is 0 Å². The Labute approximate surface area is 116 Å². The number of nitrogens with one attached hydrogen (secondary N) is 2. The van der Waals surface area contributed by atoms with E-state index in [0.29, 0.717) is 18.7 Å². The maximum absolute atomic E-state index is 11.7. The van der Waals surface area contributed by atoms with E-state index in [0.717, 1.165) is 0 Å². The minimum Gasteiger partial charge on any atom is -0.373 e. The van der Waals surface area contributed by atoms with Gasteiger partial charge >= 0.3 is 5.69 Å². The van der Waals surface area contributed by atoms with Crippen LogP contribution in [-0.4, -0.2) is 42.9 Å². The first-order valence-electron chi connectivity index (χ1n) is 6.22. The van der Waals surface area contributed by atoms with Crippen molar-refractivity contribution in [1.29, 1.82) is 0 Å². The van der Waals surface area contributed by atoms with Crippen LogP contribution in [0.1, 0.15) is 12.8 Å². The molecule has 20 heavy (non-hydrogen) atoms. The minimum absolute atomic E-state index is 0.0870. The molecule has 0 saturated carbocycles. The molecule has 0 aromatic carbocycles. The summed E-state index contributed by atoms with van der Waals surface area (Å²) in [6.07, 6.45) is 1.22. The van der Waals surface area contributed by atoms with E-state index in [1.807, 2.05) is 0 Å². The molecule has 1 atom stereocenters. The molecule has 0 amide bonds. The van der Waals surface area contributed by atoms with E-state index in [2.05, 4.69) is 15.6 Å². The Bertz CT molecular complexity index is 617. The Hall–Kier alpha value is -1.90. The van der Waals surface area contributed by atoms with Crippen molar-refractivity contribution in [3.05, 3.63) is 22.2 Å². The summed E-state index contributed by atoms with van der Waals surface area (Å²) in [5, 5.41) is 16.0. The van der Waals surface area contributed by atoms with Crippen LogP contribution in [0, 0.1) is 10.1 Å². The number of sulfone groups is 1. The van der Waals surface area contributed by atoms with Crippen molar-refractivity contribution in [2.45, 2.75) is 18.1 Å². The van der Waals surface area contributed by atoms with E-state index >= 15 is 0 Å². The normalized spacial score (nSPS) is 20.6. The van der Waals surface area contributed by atoms with Crippen LogP contribution in [0.2, 0.25) is 0 Å². The highest BCUT2D eigenvalue weighted by Crippen LogP contribution is 2.26. The molecular weight excluding hydrogens is 284 g/mol. The fourth-order valence-corrected chi connectivity index (χ4v) is 3.93. The zero-order chi connectivity index (χ0) is 14.8. The molecule has 1 fully saturated rings. The van der Waals surface area contributed by atoms with Crippen molar-refractivity contribution in [2.75, 3.05) is 30.0 Å². The van der Waals surface area contributed by atoms with Gasteiger partial charge in [0.25, 0.3) is 0 Å². The van der Waals surface area contributed by atoms with Gasteiger partial charge in [0.05, 0.1) is 15.9 Å². The standard InChI is InChI=1S/C11H16N4O4S/c1-12-10-5-4-9(15(16)17)11(14-10)13-7-8-3-2-6-20(8,18)19/h4-5,8H,2-3,6-7H2,1H3,(H2,12,13,14). The summed E-state index contributed by atoms with van der Waals surface area (Å²) in [5.74, 6) is 0.752. The van der Waals surface area contributed by atoms with Crippen LogP contribution in [-0.2, 0) is 9.84 Å². The largest absolute Gasteiger partial charge is 0.373 e. The number of aromatic nitrogens is 1. The van der Waals surface area contributed by atoms with Crippen LogP contribution in [0.25, 0.3) is 0 Å². The van der Waals surface area contributed by atoms with Crippen molar-refractivity contribution in [2.24, 2.45) is 0 Å². The first-order valence-corrected chi connectivity index (χ1v) is 7.94. The van der Waals surface area contributed by atoms with Gasteiger partial charge in [-0.2, -0.15) is 0 Å². The smallest absolute Gasteiger partial charge is 0.311 e. The number of rotatable bonds is 5. The number of anilines is 2. The second-order valence-corrected chi connectivity index (χ2v) is 6.98. The molecule has 1 aromatic rings. The fraction of sp³-hybridized carbons (Fsp3) is 0.545. The predicted molar refractivity (Wildman–Crippen MR) is 75.7 cm³/mol. The topological polar surface area (TPSA) is 114 Å². The third-order valence-electron chi connectivity index (χ3n) is 3.29. The van der Waals surface area contributed by atoms with Crippen molar-refractivity contribution >= 4 is 27.2 Å². The van der Waals surface area contributed by atoms with E-state index in [1.54, 1.807) is 7.05 Å². The van der Waals surface area contributed by atoms with Gasteiger partial charge in [-0.1, -0.05) is 0 Å². The van der Waals surface area contributed by atoms with Crippen molar-refractivity contribution < 1.29 is 13.3 Å². The molecule has 1 aliphatic rings. The molecule has 0 radical (unpaired) electrons. The Morgan fingerprint density at radius 2 is 2.25 bits per heavy atom. The van der Waals surface area contributed by atoms with E-state index in [4.69, 9.17) is 0 Å². The maximum atomic E-state index is 11.7. The number of nitro groups is 1. The highest BCUT2D eigenvalue weighted by Gasteiger charge is 2.31. The Morgan fingerprint density at radius 1 is 1.50 bits per heavy atom. The molecule has 2 rings (SSSR count). The summed E-state index contributed by atoms with van der Waals surface area (Å²) in [5.41, 5.74) is -0.167. The highest BCUT2D eigenvalue weighted by molar-refractivity contribution is 7.92. The number of pyridine rings is 1. The van der Waals surface area contributed by atoms with Crippen LogP contribution in [0.4, 0.5) is 17.3 Å². The van der Waals surface area contributed by atoms with Gasteiger partial charge in [-0.15, -0.1) is 0 Å². The van der Waals surface area contributed by atoms with E-state index in [-0.39, 0.29) is 23.8 Å². The maximum Gasteiger partial charge on any atom is 0.311 e. The van der Waals surface area contributed by atoms with Crippen LogP contribution >= 0.6 is 0 Å². The first-order chi connectivity index (χ1) is 9.44. The molecule has 1 aromatic heterocycles. The molecule has 0 bridgehead atoms. The lowest BCUT2D eigenvalue weighted by atomic mass is 10.2. The second-order valence-electron chi connectivity index (χ2n) is 4.58. The molecule has 1 aliphatic heterocycles. The molecule has 9 heteroatoms. The Kier molecular flexibility index (Phi) is 4.07. The van der Waals surface area contributed by atoms with Gasteiger partial charge in [-0.05, 0) is 18.9 Å². The van der Waals surface area contributed by atoms with Crippen LogP contribution < -0.4 is 10.6 Å². The average Bonchev–Trinajstić information content (AvgIpc) is 2.74.